The van der Waals surface area contributed by atoms with E-state index in [0.29, 0.717) is 11.5 Å². The molecule has 1 atom stereocenters. The predicted molar refractivity (Wildman–Crippen MR) is 58.9 cm³/mol. The summed E-state index contributed by atoms with van der Waals surface area (Å²) in [5.74, 6) is -0.411. The number of carbonyl (C=O) groups excluding carboxylic acids is 1. The Morgan fingerprint density at radius 1 is 1.39 bits per heavy atom. The fraction of sp³-hybridized carbons (Fsp3) is 0.300. The van der Waals surface area contributed by atoms with E-state index >= 15 is 0 Å². The fourth-order valence-electron chi connectivity index (χ4n) is 1.36. The number of methoxy groups -OCH3 is 1. The van der Waals surface area contributed by atoms with E-state index in [1.54, 1.807) is 6.92 Å². The van der Waals surface area contributed by atoms with E-state index in [2.05, 4.69) is 24.8 Å². The number of rotatable bonds is 3. The molecule has 0 aliphatic carbocycles. The number of aliphatic hydroxyl groups is 1. The molecule has 18 heavy (non-hydrogen) atoms. The lowest BCUT2D eigenvalue weighted by Gasteiger charge is -2.08. The van der Waals surface area contributed by atoms with Crippen LogP contribution >= 0.6 is 0 Å². The number of aliphatic hydroxyl groups excluding tert-OH is 1. The first-order chi connectivity index (χ1) is 8.63. The molecule has 2 heterocycles. The van der Waals surface area contributed by atoms with Crippen LogP contribution in [0.5, 0.6) is 0 Å². The quantitative estimate of drug-likeness (QED) is 0.757. The summed E-state index contributed by atoms with van der Waals surface area (Å²) in [6, 6.07) is 0. The molecule has 0 aliphatic heterocycles. The van der Waals surface area contributed by atoms with Crippen molar-refractivity contribution in [3.63, 3.8) is 0 Å². The lowest BCUT2D eigenvalue weighted by Crippen LogP contribution is -2.09. The van der Waals surface area contributed by atoms with Gasteiger partial charge in [-0.15, -0.1) is 5.10 Å². The second kappa shape index (κ2) is 4.88. The highest BCUT2D eigenvalue weighted by Crippen LogP contribution is 2.15. The van der Waals surface area contributed by atoms with Crippen molar-refractivity contribution in [2.24, 2.45) is 0 Å². The summed E-state index contributed by atoms with van der Waals surface area (Å²) in [7, 11) is 1.24. The van der Waals surface area contributed by atoms with Crippen LogP contribution in [-0.2, 0) is 4.74 Å². The summed E-state index contributed by atoms with van der Waals surface area (Å²) >= 11 is 0. The van der Waals surface area contributed by atoms with Gasteiger partial charge in [-0.25, -0.2) is 14.8 Å². The highest BCUT2D eigenvalue weighted by atomic mass is 16.5. The molecule has 1 N–H and O–H groups in total. The smallest absolute Gasteiger partial charge is 0.377 e. The minimum absolute atomic E-state index is 0.0836. The molecule has 0 spiro atoms. The molecule has 0 bridgehead atoms. The second-order valence-corrected chi connectivity index (χ2v) is 3.45. The number of esters is 1. The number of hydrogen-bond donors (Lipinski definition) is 1. The van der Waals surface area contributed by atoms with Crippen molar-refractivity contribution in [3.8, 4) is 5.82 Å². The molecule has 0 aliphatic rings. The third kappa shape index (κ3) is 2.18. The Hall–Kier alpha value is -2.35. The minimum atomic E-state index is -0.806. The first-order valence-corrected chi connectivity index (χ1v) is 5.12. The van der Waals surface area contributed by atoms with E-state index in [1.165, 1.54) is 30.5 Å². The van der Waals surface area contributed by atoms with Gasteiger partial charge in [0.25, 0.3) is 5.82 Å². The monoisotopic (exact) mass is 249 g/mol. The maximum absolute atomic E-state index is 11.2. The third-order valence-electron chi connectivity index (χ3n) is 2.18. The zero-order chi connectivity index (χ0) is 13.1. The average molecular weight is 249 g/mol. The van der Waals surface area contributed by atoms with Crippen molar-refractivity contribution in [2.75, 3.05) is 7.11 Å². The SMILES string of the molecule is COC(=O)c1ncn(-c2nccnc2[C@@H](C)O)n1. The Morgan fingerprint density at radius 3 is 2.78 bits per heavy atom. The normalized spacial score (nSPS) is 12.2. The van der Waals surface area contributed by atoms with Crippen molar-refractivity contribution in [2.45, 2.75) is 13.0 Å². The largest absolute Gasteiger partial charge is 0.463 e. The molecule has 0 saturated heterocycles. The Balaban J connectivity index is 2.43. The predicted octanol–water partition coefficient (Wildman–Crippen LogP) is -0.103. The summed E-state index contributed by atoms with van der Waals surface area (Å²) in [6.07, 6.45) is 3.42. The minimum Gasteiger partial charge on any atom is -0.463 e. The molecule has 0 unspecified atom stereocenters. The second-order valence-electron chi connectivity index (χ2n) is 3.45. The summed E-state index contributed by atoms with van der Waals surface area (Å²) in [5.41, 5.74) is 0.346. The molecule has 0 aromatic carbocycles. The van der Waals surface area contributed by atoms with Gasteiger partial charge in [-0.05, 0) is 6.92 Å². The van der Waals surface area contributed by atoms with Crippen molar-refractivity contribution in [3.05, 3.63) is 30.2 Å². The average Bonchev–Trinajstić information content (AvgIpc) is 2.87. The summed E-state index contributed by atoms with van der Waals surface area (Å²) in [6.45, 7) is 1.56. The number of nitrogens with zero attached hydrogens (tertiary/aromatic N) is 5. The van der Waals surface area contributed by atoms with Gasteiger partial charge < -0.3 is 9.84 Å². The first-order valence-electron chi connectivity index (χ1n) is 5.12. The lowest BCUT2D eigenvalue weighted by molar-refractivity contribution is 0.0587. The first kappa shape index (κ1) is 12.1. The topological polar surface area (TPSA) is 103 Å². The molecule has 8 nitrogen and oxygen atoms in total. The van der Waals surface area contributed by atoms with Crippen molar-refractivity contribution in [1.29, 1.82) is 0 Å². The number of hydrogen-bond acceptors (Lipinski definition) is 7. The van der Waals surface area contributed by atoms with Crippen molar-refractivity contribution in [1.82, 2.24) is 24.7 Å². The molecule has 94 valence electrons. The molecular weight excluding hydrogens is 238 g/mol. The Bertz CT molecular complexity index is 566. The van der Waals surface area contributed by atoms with E-state index in [1.807, 2.05) is 0 Å². The van der Waals surface area contributed by atoms with Gasteiger partial charge in [0.15, 0.2) is 5.82 Å². The molecule has 0 fully saturated rings. The van der Waals surface area contributed by atoms with Crippen LogP contribution in [-0.4, -0.2) is 42.9 Å². The molecule has 0 radical (unpaired) electrons. The van der Waals surface area contributed by atoms with Crippen molar-refractivity contribution >= 4 is 5.97 Å². The standard InChI is InChI=1S/C10H11N5O3/c1-6(16)7-9(12-4-3-11-7)15-5-13-8(14-15)10(17)18-2/h3-6,16H,1-2H3/t6-/m1/s1. The van der Waals surface area contributed by atoms with Crippen LogP contribution in [0.1, 0.15) is 29.3 Å². The number of aromatic nitrogens is 5. The van der Waals surface area contributed by atoms with E-state index in [0.717, 1.165) is 0 Å². The van der Waals surface area contributed by atoms with Crippen LogP contribution in [0.4, 0.5) is 0 Å². The number of ether oxygens (including phenoxy) is 1. The van der Waals surface area contributed by atoms with Crippen LogP contribution in [0.15, 0.2) is 18.7 Å². The Kier molecular flexibility index (Phi) is 3.28. The van der Waals surface area contributed by atoms with Crippen LogP contribution in [0.3, 0.4) is 0 Å². The van der Waals surface area contributed by atoms with E-state index < -0.39 is 12.1 Å². The van der Waals surface area contributed by atoms with Gasteiger partial charge in [-0.2, -0.15) is 4.68 Å². The Labute approximate surface area is 102 Å². The lowest BCUT2D eigenvalue weighted by atomic mass is 10.3. The van der Waals surface area contributed by atoms with Gasteiger partial charge in [-0.3, -0.25) is 4.98 Å². The molecule has 2 aromatic heterocycles. The van der Waals surface area contributed by atoms with Crippen molar-refractivity contribution < 1.29 is 14.6 Å². The highest BCUT2D eigenvalue weighted by Gasteiger charge is 2.16. The van der Waals surface area contributed by atoms with Crippen LogP contribution < -0.4 is 0 Å². The molecular formula is C10H11N5O3. The van der Waals surface area contributed by atoms with Gasteiger partial charge >= 0.3 is 5.97 Å². The van der Waals surface area contributed by atoms with Crippen LogP contribution in [0.2, 0.25) is 0 Å². The van der Waals surface area contributed by atoms with E-state index in [4.69, 9.17) is 0 Å². The van der Waals surface area contributed by atoms with Gasteiger partial charge in [-0.1, -0.05) is 0 Å². The molecule has 2 aromatic rings. The van der Waals surface area contributed by atoms with Crippen LogP contribution in [0, 0.1) is 0 Å². The van der Waals surface area contributed by atoms with Gasteiger partial charge in [0.2, 0.25) is 0 Å². The summed E-state index contributed by atoms with van der Waals surface area (Å²) < 4.78 is 5.77. The molecule has 2 rings (SSSR count). The maximum atomic E-state index is 11.2. The summed E-state index contributed by atoms with van der Waals surface area (Å²) in [4.78, 5) is 23.1. The van der Waals surface area contributed by atoms with Gasteiger partial charge in [0.05, 0.1) is 13.2 Å². The molecule has 0 amide bonds. The summed E-state index contributed by atoms with van der Waals surface area (Å²) in [5, 5.41) is 13.5. The highest BCUT2D eigenvalue weighted by molar-refractivity contribution is 5.84. The molecule has 8 heteroatoms. The van der Waals surface area contributed by atoms with Gasteiger partial charge in [0.1, 0.15) is 12.0 Å². The van der Waals surface area contributed by atoms with Gasteiger partial charge in [0, 0.05) is 12.4 Å². The molecule has 0 saturated carbocycles. The fourth-order valence-corrected chi connectivity index (χ4v) is 1.36. The maximum Gasteiger partial charge on any atom is 0.377 e. The van der Waals surface area contributed by atoms with E-state index in [-0.39, 0.29) is 5.82 Å². The zero-order valence-electron chi connectivity index (χ0n) is 9.81. The zero-order valence-corrected chi connectivity index (χ0v) is 9.81. The Morgan fingerprint density at radius 2 is 2.11 bits per heavy atom. The number of carbonyl (C=O) groups is 1. The van der Waals surface area contributed by atoms with Crippen LogP contribution in [0.25, 0.3) is 5.82 Å². The van der Waals surface area contributed by atoms with E-state index in [9.17, 15) is 9.90 Å². The third-order valence-corrected chi connectivity index (χ3v) is 2.18.